The topological polar surface area (TPSA) is 77.0 Å². The second kappa shape index (κ2) is 8.17. The Morgan fingerprint density at radius 3 is 2.61 bits per heavy atom. The van der Waals surface area contributed by atoms with Gasteiger partial charge in [0, 0.05) is 33.7 Å². The van der Waals surface area contributed by atoms with Crippen LogP contribution in [-0.2, 0) is 4.79 Å². The van der Waals surface area contributed by atoms with Crippen molar-refractivity contribution in [2.45, 2.75) is 11.6 Å². The lowest BCUT2D eigenvalue weighted by molar-refractivity contribution is -0.115. The number of methoxy groups -OCH3 is 1. The van der Waals surface area contributed by atoms with Gasteiger partial charge in [-0.15, -0.1) is 10.2 Å². The molecule has 0 radical (unpaired) electrons. The molecule has 5 rings (SSSR count). The van der Waals surface area contributed by atoms with Crippen molar-refractivity contribution in [2.75, 3.05) is 18.2 Å². The summed E-state index contributed by atoms with van der Waals surface area (Å²) >= 11 is 7.42. The Balaban J connectivity index is 1.28. The molecule has 0 atom stereocenters. The Bertz CT molecular complexity index is 1320. The fourth-order valence-electron chi connectivity index (χ4n) is 3.70. The Morgan fingerprint density at radius 1 is 1.06 bits per heavy atom. The molecule has 1 aliphatic carbocycles. The van der Waals surface area contributed by atoms with Crippen LogP contribution in [0.15, 0.2) is 59.8 Å². The van der Waals surface area contributed by atoms with Crippen molar-refractivity contribution in [2.24, 2.45) is 0 Å². The molecule has 0 spiro atoms. The number of rotatable bonds is 6. The Hall–Kier alpha value is -3.16. The average molecular weight is 449 g/mol. The summed E-state index contributed by atoms with van der Waals surface area (Å²) in [5.41, 5.74) is 4.34. The van der Waals surface area contributed by atoms with Gasteiger partial charge in [-0.3, -0.25) is 4.79 Å². The van der Waals surface area contributed by atoms with E-state index in [2.05, 4.69) is 39.8 Å². The van der Waals surface area contributed by atoms with Crippen LogP contribution >= 0.6 is 23.4 Å². The number of carbonyl (C=O) groups is 1. The van der Waals surface area contributed by atoms with Crippen LogP contribution < -0.4 is 10.1 Å². The van der Waals surface area contributed by atoms with Gasteiger partial charge in [-0.1, -0.05) is 59.8 Å². The first-order valence-electron chi connectivity index (χ1n) is 9.67. The number of nitrogens with one attached hydrogen (secondary N) is 1. The number of aromatic nitrogens is 3. The van der Waals surface area contributed by atoms with Crippen molar-refractivity contribution in [1.29, 1.82) is 0 Å². The summed E-state index contributed by atoms with van der Waals surface area (Å²) in [7, 11) is 1.55. The van der Waals surface area contributed by atoms with Crippen molar-refractivity contribution in [3.63, 3.8) is 0 Å². The van der Waals surface area contributed by atoms with Gasteiger partial charge in [0.1, 0.15) is 17.1 Å². The highest BCUT2D eigenvalue weighted by Gasteiger charge is 2.24. The first-order chi connectivity index (χ1) is 15.1. The van der Waals surface area contributed by atoms with Gasteiger partial charge in [0.15, 0.2) is 0 Å². The molecule has 4 aromatic rings. The zero-order valence-electron chi connectivity index (χ0n) is 16.6. The second-order valence-corrected chi connectivity index (χ2v) is 8.49. The van der Waals surface area contributed by atoms with E-state index in [1.54, 1.807) is 25.3 Å². The average Bonchev–Trinajstić information content (AvgIpc) is 3.09. The molecule has 0 saturated heterocycles. The highest BCUT2D eigenvalue weighted by molar-refractivity contribution is 7.99. The summed E-state index contributed by atoms with van der Waals surface area (Å²) in [4.78, 5) is 17.1. The van der Waals surface area contributed by atoms with Crippen molar-refractivity contribution >= 4 is 45.7 Å². The summed E-state index contributed by atoms with van der Waals surface area (Å²) in [5.74, 6) is 0.941. The number of benzene rings is 3. The molecule has 154 valence electrons. The third-order valence-electron chi connectivity index (χ3n) is 5.08. The van der Waals surface area contributed by atoms with E-state index in [1.165, 1.54) is 17.1 Å². The third-order valence-corrected chi connectivity index (χ3v) is 6.15. The van der Waals surface area contributed by atoms with E-state index in [0.717, 1.165) is 27.9 Å². The van der Waals surface area contributed by atoms with Crippen molar-refractivity contribution in [3.8, 4) is 28.3 Å². The normalized spacial score (nSPS) is 11.4. The van der Waals surface area contributed by atoms with Crippen LogP contribution in [0.4, 0.5) is 5.69 Å². The van der Waals surface area contributed by atoms with Gasteiger partial charge in [-0.05, 0) is 23.6 Å². The zero-order chi connectivity index (χ0) is 21.4. The summed E-state index contributed by atoms with van der Waals surface area (Å²) in [5, 5.41) is 15.0. The summed E-state index contributed by atoms with van der Waals surface area (Å²) in [6.07, 6.45) is 0.288. The molecule has 1 heterocycles. The molecule has 1 N–H and O–H groups in total. The molecule has 31 heavy (non-hydrogen) atoms. The molecule has 0 aliphatic heterocycles. The van der Waals surface area contributed by atoms with Gasteiger partial charge >= 0.3 is 0 Å². The maximum Gasteiger partial charge on any atom is 0.225 e. The van der Waals surface area contributed by atoms with Gasteiger partial charge < -0.3 is 10.1 Å². The Labute approximate surface area is 188 Å². The number of anilines is 1. The van der Waals surface area contributed by atoms with Crippen molar-refractivity contribution in [1.82, 2.24) is 15.2 Å². The van der Waals surface area contributed by atoms with Gasteiger partial charge in [-0.25, -0.2) is 4.98 Å². The molecule has 0 bridgehead atoms. The van der Waals surface area contributed by atoms with Gasteiger partial charge in [0.2, 0.25) is 11.1 Å². The van der Waals surface area contributed by atoms with E-state index < -0.39 is 0 Å². The molecular weight excluding hydrogens is 432 g/mol. The minimum atomic E-state index is -0.139. The van der Waals surface area contributed by atoms with Crippen LogP contribution in [0.3, 0.4) is 0 Å². The number of amides is 1. The molecule has 1 amide bonds. The zero-order valence-corrected chi connectivity index (χ0v) is 18.1. The molecule has 0 saturated carbocycles. The second-order valence-electron chi connectivity index (χ2n) is 6.99. The van der Waals surface area contributed by atoms with E-state index in [0.29, 0.717) is 27.4 Å². The van der Waals surface area contributed by atoms with E-state index in [4.69, 9.17) is 21.3 Å². The van der Waals surface area contributed by atoms with Crippen molar-refractivity contribution < 1.29 is 9.53 Å². The van der Waals surface area contributed by atoms with Gasteiger partial charge in [0.25, 0.3) is 0 Å². The van der Waals surface area contributed by atoms with Crippen LogP contribution in [0.2, 0.25) is 5.02 Å². The van der Waals surface area contributed by atoms with E-state index in [1.807, 2.05) is 12.1 Å². The highest BCUT2D eigenvalue weighted by Crippen LogP contribution is 2.44. The maximum atomic E-state index is 12.4. The molecule has 3 aromatic carbocycles. The Morgan fingerprint density at radius 2 is 1.84 bits per heavy atom. The number of fused-ring (bicyclic) bond motifs is 3. The lowest BCUT2D eigenvalue weighted by Crippen LogP contribution is -2.13. The number of halogens is 1. The number of nitrogens with zero attached hydrogens (tertiary/aromatic N) is 3. The molecule has 8 heteroatoms. The molecule has 6 nitrogen and oxygen atoms in total. The third kappa shape index (κ3) is 3.71. The maximum absolute atomic E-state index is 12.4. The lowest BCUT2D eigenvalue weighted by Gasteiger charge is -2.10. The van der Waals surface area contributed by atoms with Crippen molar-refractivity contribution in [3.05, 3.63) is 59.6 Å². The van der Waals surface area contributed by atoms with E-state index in [-0.39, 0.29) is 12.3 Å². The van der Waals surface area contributed by atoms with E-state index >= 15 is 0 Å². The molecule has 1 aromatic heterocycles. The van der Waals surface area contributed by atoms with Crippen LogP contribution in [0.1, 0.15) is 6.42 Å². The summed E-state index contributed by atoms with van der Waals surface area (Å²) in [6.45, 7) is 0. The fraction of sp³-hybridized carbons (Fsp3) is 0.130. The highest BCUT2D eigenvalue weighted by atomic mass is 35.5. The quantitative estimate of drug-likeness (QED) is 0.348. The first-order valence-corrected chi connectivity index (χ1v) is 11.0. The van der Waals surface area contributed by atoms with Crippen LogP contribution in [0.5, 0.6) is 5.75 Å². The van der Waals surface area contributed by atoms with Crippen LogP contribution in [0.25, 0.3) is 33.3 Å². The number of thioether (sulfide) groups is 1. The standard InChI is InChI=1S/C23H17ClN4O2S/c1-30-18-9-8-14(24)12-17(18)25-19(29)10-11-31-23-26-21-15-6-2-4-13-5-3-7-16(20(13)15)22(21)27-28-23/h2-9,12H,10-11H2,1H3,(H,25,29). The smallest absolute Gasteiger partial charge is 0.225 e. The first kappa shape index (κ1) is 19.8. The number of carbonyl (C=O) groups excluding carboxylic acids is 1. The number of hydrogen-bond acceptors (Lipinski definition) is 6. The number of hydrogen-bond donors (Lipinski definition) is 1. The molecule has 1 aliphatic rings. The van der Waals surface area contributed by atoms with Crippen LogP contribution in [-0.4, -0.2) is 34.0 Å². The Kier molecular flexibility index (Phi) is 5.21. The van der Waals surface area contributed by atoms with Gasteiger partial charge in [-0.2, -0.15) is 0 Å². The SMILES string of the molecule is COc1ccc(Cl)cc1NC(=O)CCSc1nnc2c(n1)-c1cccc3cccc-2c13. The lowest BCUT2D eigenvalue weighted by atomic mass is 10.0. The monoisotopic (exact) mass is 448 g/mol. The summed E-state index contributed by atoms with van der Waals surface area (Å²) in [6, 6.07) is 17.4. The van der Waals surface area contributed by atoms with Gasteiger partial charge in [0.05, 0.1) is 12.8 Å². The largest absolute Gasteiger partial charge is 0.495 e. The molecule has 0 unspecified atom stereocenters. The molecular formula is C23H17ClN4O2S. The van der Waals surface area contributed by atoms with E-state index in [9.17, 15) is 4.79 Å². The number of ether oxygens (including phenoxy) is 1. The predicted molar refractivity (Wildman–Crippen MR) is 124 cm³/mol. The fourth-order valence-corrected chi connectivity index (χ4v) is 4.60. The predicted octanol–water partition coefficient (Wildman–Crippen LogP) is 5.46. The molecule has 0 fully saturated rings. The minimum Gasteiger partial charge on any atom is -0.495 e. The summed E-state index contributed by atoms with van der Waals surface area (Å²) < 4.78 is 5.26. The minimum absolute atomic E-state index is 0.139. The van der Waals surface area contributed by atoms with Crippen LogP contribution in [0, 0.1) is 0 Å².